The smallest absolute Gasteiger partial charge is 0.243 e. The zero-order chi connectivity index (χ0) is 20.4. The molecule has 29 heavy (non-hydrogen) atoms. The molecule has 0 aliphatic heterocycles. The van der Waals surface area contributed by atoms with Gasteiger partial charge in [-0.05, 0) is 47.2 Å². The Bertz CT molecular complexity index is 1250. The fraction of sp³-hybridized carbons (Fsp3) is 0.143. The van der Waals surface area contributed by atoms with Gasteiger partial charge in [0.25, 0.3) is 0 Å². The highest BCUT2D eigenvalue weighted by molar-refractivity contribution is 7.89. The molecule has 1 heterocycles. The van der Waals surface area contributed by atoms with Crippen molar-refractivity contribution in [1.29, 1.82) is 0 Å². The molecule has 0 unspecified atom stereocenters. The molecule has 8 heteroatoms. The van der Waals surface area contributed by atoms with Gasteiger partial charge in [0, 0.05) is 12.6 Å². The third kappa shape index (κ3) is 3.85. The maximum atomic E-state index is 12.9. The Balaban J connectivity index is 1.54. The van der Waals surface area contributed by atoms with Crippen LogP contribution < -0.4 is 4.74 Å². The lowest BCUT2D eigenvalue weighted by Crippen LogP contribution is -2.26. The Morgan fingerprint density at radius 1 is 1.00 bits per heavy atom. The van der Waals surface area contributed by atoms with Crippen LogP contribution in [0.15, 0.2) is 76.1 Å². The molecular formula is C21H19N3O4S. The van der Waals surface area contributed by atoms with Crippen LogP contribution in [0.25, 0.3) is 22.2 Å². The Morgan fingerprint density at radius 3 is 2.45 bits per heavy atom. The lowest BCUT2D eigenvalue weighted by Gasteiger charge is -2.15. The number of nitrogens with zero attached hydrogens (tertiary/aromatic N) is 3. The summed E-state index contributed by atoms with van der Waals surface area (Å²) in [6.07, 6.45) is 0. The lowest BCUT2D eigenvalue weighted by atomic mass is 10.1. The molecule has 4 rings (SSSR count). The summed E-state index contributed by atoms with van der Waals surface area (Å²) in [4.78, 5) is 4.52. The van der Waals surface area contributed by atoms with E-state index in [9.17, 15) is 8.42 Å². The van der Waals surface area contributed by atoms with Crippen molar-refractivity contribution in [3.8, 4) is 17.1 Å². The Labute approximate surface area is 168 Å². The van der Waals surface area contributed by atoms with Crippen molar-refractivity contribution >= 4 is 20.8 Å². The Kier molecular flexibility index (Phi) is 5.04. The van der Waals surface area contributed by atoms with E-state index in [2.05, 4.69) is 10.1 Å². The van der Waals surface area contributed by atoms with E-state index in [4.69, 9.17) is 9.26 Å². The summed E-state index contributed by atoms with van der Waals surface area (Å²) in [5, 5.41) is 5.79. The monoisotopic (exact) mass is 409 g/mol. The average Bonchev–Trinajstić information content (AvgIpc) is 3.22. The second kappa shape index (κ2) is 7.65. The zero-order valence-electron chi connectivity index (χ0n) is 15.9. The van der Waals surface area contributed by atoms with Gasteiger partial charge in [0.15, 0.2) is 0 Å². The lowest BCUT2D eigenvalue weighted by molar-refractivity contribution is 0.337. The molecule has 0 aliphatic carbocycles. The highest BCUT2D eigenvalue weighted by atomic mass is 32.2. The van der Waals surface area contributed by atoms with E-state index in [1.165, 1.54) is 11.4 Å². The van der Waals surface area contributed by atoms with Crippen LogP contribution in [0, 0.1) is 0 Å². The van der Waals surface area contributed by atoms with Crippen molar-refractivity contribution < 1.29 is 17.7 Å². The molecule has 4 aromatic rings. The van der Waals surface area contributed by atoms with Gasteiger partial charge in [-0.1, -0.05) is 35.5 Å². The Morgan fingerprint density at radius 2 is 1.72 bits per heavy atom. The minimum atomic E-state index is -3.70. The van der Waals surface area contributed by atoms with Crippen molar-refractivity contribution in [2.24, 2.45) is 0 Å². The predicted octanol–water partition coefficient (Wildman–Crippen LogP) is 3.72. The van der Waals surface area contributed by atoms with Crippen LogP contribution in [0.4, 0.5) is 0 Å². The first kappa shape index (κ1) is 19.1. The third-order valence-electron chi connectivity index (χ3n) is 4.60. The van der Waals surface area contributed by atoms with Crippen LogP contribution in [0.3, 0.4) is 0 Å². The maximum Gasteiger partial charge on any atom is 0.243 e. The Hall–Kier alpha value is -3.23. The second-order valence-electron chi connectivity index (χ2n) is 6.51. The van der Waals surface area contributed by atoms with Crippen molar-refractivity contribution in [2.45, 2.75) is 11.4 Å². The number of ether oxygens (including phenoxy) is 1. The highest BCUT2D eigenvalue weighted by Gasteiger charge is 2.23. The standard InChI is InChI=1S/C21H19N3O4S/c1-24(29(25,26)19-12-9-15-5-3-4-6-17(15)13-19)14-20-22-21(23-28-20)16-7-10-18(27-2)11-8-16/h3-13H,14H2,1-2H3. The van der Waals surface area contributed by atoms with E-state index >= 15 is 0 Å². The van der Waals surface area contributed by atoms with Gasteiger partial charge in [-0.3, -0.25) is 0 Å². The number of benzene rings is 3. The fourth-order valence-corrected chi connectivity index (χ4v) is 4.12. The molecule has 0 spiro atoms. The second-order valence-corrected chi connectivity index (χ2v) is 8.56. The number of hydrogen-bond donors (Lipinski definition) is 0. The topological polar surface area (TPSA) is 85.5 Å². The summed E-state index contributed by atoms with van der Waals surface area (Å²) < 4.78 is 37.5. The molecule has 7 nitrogen and oxygen atoms in total. The van der Waals surface area contributed by atoms with E-state index in [0.29, 0.717) is 5.82 Å². The summed E-state index contributed by atoms with van der Waals surface area (Å²) >= 11 is 0. The van der Waals surface area contributed by atoms with E-state index < -0.39 is 10.0 Å². The van der Waals surface area contributed by atoms with E-state index in [1.54, 1.807) is 37.4 Å². The van der Waals surface area contributed by atoms with Gasteiger partial charge >= 0.3 is 0 Å². The third-order valence-corrected chi connectivity index (χ3v) is 6.40. The molecule has 0 radical (unpaired) electrons. The molecule has 0 amide bonds. The molecule has 0 saturated heterocycles. The largest absolute Gasteiger partial charge is 0.497 e. The molecule has 148 valence electrons. The number of aromatic nitrogens is 2. The first-order valence-electron chi connectivity index (χ1n) is 8.89. The average molecular weight is 409 g/mol. The number of sulfonamides is 1. The van der Waals surface area contributed by atoms with Crippen molar-refractivity contribution in [1.82, 2.24) is 14.4 Å². The van der Waals surface area contributed by atoms with E-state index in [0.717, 1.165) is 22.1 Å². The summed E-state index contributed by atoms with van der Waals surface area (Å²) in [5.74, 6) is 1.32. The molecular weight excluding hydrogens is 390 g/mol. The van der Waals surface area contributed by atoms with E-state index in [-0.39, 0.29) is 17.3 Å². The van der Waals surface area contributed by atoms with Crippen LogP contribution in [-0.2, 0) is 16.6 Å². The summed E-state index contributed by atoms with van der Waals surface area (Å²) in [7, 11) is -0.626. The maximum absolute atomic E-state index is 12.9. The van der Waals surface area contributed by atoms with Gasteiger partial charge in [0.2, 0.25) is 21.7 Å². The molecule has 0 aliphatic rings. The van der Waals surface area contributed by atoms with E-state index in [1.807, 2.05) is 36.4 Å². The van der Waals surface area contributed by atoms with Crippen LogP contribution in [0.2, 0.25) is 0 Å². The van der Waals surface area contributed by atoms with Crippen molar-refractivity contribution in [3.05, 3.63) is 72.6 Å². The van der Waals surface area contributed by atoms with Crippen LogP contribution >= 0.6 is 0 Å². The minimum Gasteiger partial charge on any atom is -0.497 e. The number of rotatable bonds is 6. The molecule has 0 atom stereocenters. The molecule has 1 aromatic heterocycles. The van der Waals surface area contributed by atoms with Gasteiger partial charge < -0.3 is 9.26 Å². The van der Waals surface area contributed by atoms with Gasteiger partial charge in [-0.15, -0.1) is 0 Å². The zero-order valence-corrected chi connectivity index (χ0v) is 16.8. The van der Waals surface area contributed by atoms with Crippen molar-refractivity contribution in [3.63, 3.8) is 0 Å². The van der Waals surface area contributed by atoms with Gasteiger partial charge in [-0.25, -0.2) is 8.42 Å². The first-order valence-corrected chi connectivity index (χ1v) is 10.3. The molecule has 0 saturated carbocycles. The normalized spacial score (nSPS) is 11.8. The van der Waals surface area contributed by atoms with Crippen LogP contribution in [-0.4, -0.2) is 37.0 Å². The molecule has 0 N–H and O–H groups in total. The molecule has 0 fully saturated rings. The van der Waals surface area contributed by atoms with Gasteiger partial charge in [0.05, 0.1) is 18.6 Å². The quantitative estimate of drug-likeness (QED) is 0.482. The fourth-order valence-electron chi connectivity index (χ4n) is 2.96. The highest BCUT2D eigenvalue weighted by Crippen LogP contribution is 2.23. The number of hydrogen-bond acceptors (Lipinski definition) is 6. The summed E-state index contributed by atoms with van der Waals surface area (Å²) in [5.41, 5.74) is 0.751. The van der Waals surface area contributed by atoms with Crippen LogP contribution in [0.5, 0.6) is 5.75 Å². The summed E-state index contributed by atoms with van der Waals surface area (Å²) in [6.45, 7) is -0.0294. The van der Waals surface area contributed by atoms with Crippen molar-refractivity contribution in [2.75, 3.05) is 14.2 Å². The number of fused-ring (bicyclic) bond motifs is 1. The predicted molar refractivity (Wildman–Crippen MR) is 109 cm³/mol. The molecule has 0 bridgehead atoms. The first-order chi connectivity index (χ1) is 14.0. The minimum absolute atomic E-state index is 0.0294. The van der Waals surface area contributed by atoms with Gasteiger partial charge in [0.1, 0.15) is 5.75 Å². The molecule has 3 aromatic carbocycles. The van der Waals surface area contributed by atoms with Gasteiger partial charge in [-0.2, -0.15) is 9.29 Å². The number of methoxy groups -OCH3 is 1. The summed E-state index contributed by atoms with van der Waals surface area (Å²) in [6, 6.07) is 19.9. The SMILES string of the molecule is COc1ccc(-c2noc(CN(C)S(=O)(=O)c3ccc4ccccc4c3)n2)cc1. The van der Waals surface area contributed by atoms with Crippen LogP contribution in [0.1, 0.15) is 5.89 Å².